The van der Waals surface area contributed by atoms with Gasteiger partial charge in [-0.3, -0.25) is 10.1 Å². The highest BCUT2D eigenvalue weighted by Gasteiger charge is 2.21. The van der Waals surface area contributed by atoms with Crippen LogP contribution in [0.15, 0.2) is 11.6 Å². The van der Waals surface area contributed by atoms with Gasteiger partial charge in [0, 0.05) is 18.0 Å². The number of aromatic nitrogens is 1. The van der Waals surface area contributed by atoms with Gasteiger partial charge in [0.05, 0.1) is 7.11 Å². The molecular formula is C10H13N3O5S. The van der Waals surface area contributed by atoms with E-state index in [2.05, 4.69) is 20.4 Å². The summed E-state index contributed by atoms with van der Waals surface area (Å²) in [5.41, 5.74) is 0. The largest absolute Gasteiger partial charge is 0.480 e. The van der Waals surface area contributed by atoms with E-state index < -0.39 is 24.0 Å². The third-order valence-electron chi connectivity index (χ3n) is 2.12. The quantitative estimate of drug-likeness (QED) is 0.662. The van der Waals surface area contributed by atoms with Crippen LogP contribution in [0.5, 0.6) is 0 Å². The topological polar surface area (TPSA) is 118 Å². The smallest absolute Gasteiger partial charge is 0.326 e. The molecule has 104 valence electrons. The van der Waals surface area contributed by atoms with Crippen molar-refractivity contribution < 1.29 is 24.2 Å². The molecule has 19 heavy (non-hydrogen) atoms. The standard InChI is InChI=1S/C10H13N3O5S/c1-18-7(14)3-2-6(8(15)16)12-9(17)13-10-11-4-5-19-10/h4-6H,2-3H2,1H3,(H,15,16)(H2,11,12,13,17)/t6-/m0/s1. The van der Waals surface area contributed by atoms with Gasteiger partial charge in [-0.25, -0.2) is 14.6 Å². The van der Waals surface area contributed by atoms with Gasteiger partial charge in [-0.1, -0.05) is 0 Å². The fourth-order valence-electron chi connectivity index (χ4n) is 1.20. The fourth-order valence-corrected chi connectivity index (χ4v) is 1.72. The van der Waals surface area contributed by atoms with Gasteiger partial charge in [0.15, 0.2) is 5.13 Å². The van der Waals surface area contributed by atoms with E-state index in [4.69, 9.17) is 5.11 Å². The van der Waals surface area contributed by atoms with Crippen LogP contribution in [0.25, 0.3) is 0 Å². The second kappa shape index (κ2) is 7.31. The van der Waals surface area contributed by atoms with Crippen molar-refractivity contribution in [2.24, 2.45) is 0 Å². The van der Waals surface area contributed by atoms with Crippen molar-refractivity contribution in [2.75, 3.05) is 12.4 Å². The van der Waals surface area contributed by atoms with Gasteiger partial charge in [0.2, 0.25) is 0 Å². The highest BCUT2D eigenvalue weighted by atomic mass is 32.1. The summed E-state index contributed by atoms with van der Waals surface area (Å²) in [4.78, 5) is 37.2. The molecule has 1 aromatic rings. The lowest BCUT2D eigenvalue weighted by molar-refractivity contribution is -0.142. The number of amides is 2. The predicted octanol–water partition coefficient (Wildman–Crippen LogP) is 0.671. The number of hydrogen-bond donors (Lipinski definition) is 3. The van der Waals surface area contributed by atoms with Gasteiger partial charge >= 0.3 is 18.0 Å². The summed E-state index contributed by atoms with van der Waals surface area (Å²) in [6.07, 6.45) is 1.37. The van der Waals surface area contributed by atoms with Gasteiger partial charge in [0.1, 0.15) is 6.04 Å². The van der Waals surface area contributed by atoms with E-state index in [-0.39, 0.29) is 12.8 Å². The lowest BCUT2D eigenvalue weighted by atomic mass is 10.1. The number of aliphatic carboxylic acids is 1. The maximum Gasteiger partial charge on any atom is 0.326 e. The van der Waals surface area contributed by atoms with Crippen LogP contribution in [0.1, 0.15) is 12.8 Å². The first kappa shape index (κ1) is 14.9. The second-order valence-corrected chi connectivity index (χ2v) is 4.34. The van der Waals surface area contributed by atoms with Crippen molar-refractivity contribution in [1.29, 1.82) is 0 Å². The molecule has 0 aliphatic carbocycles. The molecule has 0 aliphatic rings. The predicted molar refractivity (Wildman–Crippen MR) is 66.9 cm³/mol. The van der Waals surface area contributed by atoms with Gasteiger partial charge in [-0.15, -0.1) is 11.3 Å². The third kappa shape index (κ3) is 5.34. The minimum atomic E-state index is -1.22. The number of nitrogens with one attached hydrogen (secondary N) is 2. The Hall–Kier alpha value is -2.16. The zero-order valence-electron chi connectivity index (χ0n) is 10.1. The molecule has 0 saturated carbocycles. The summed E-state index contributed by atoms with van der Waals surface area (Å²) in [5.74, 6) is -1.76. The molecule has 9 heteroatoms. The van der Waals surface area contributed by atoms with Crippen LogP contribution in [-0.2, 0) is 14.3 Å². The number of rotatable bonds is 6. The van der Waals surface area contributed by atoms with E-state index in [1.807, 2.05) is 0 Å². The molecule has 2 amide bonds. The van der Waals surface area contributed by atoms with E-state index in [1.54, 1.807) is 5.38 Å². The summed E-state index contributed by atoms with van der Waals surface area (Å²) >= 11 is 1.20. The molecule has 0 fully saturated rings. The highest BCUT2D eigenvalue weighted by Crippen LogP contribution is 2.10. The van der Waals surface area contributed by atoms with Gasteiger partial charge in [-0.05, 0) is 6.42 Å². The molecule has 1 rings (SSSR count). The Kier molecular flexibility index (Phi) is 5.73. The van der Waals surface area contributed by atoms with Crippen LogP contribution in [0.4, 0.5) is 9.93 Å². The number of carboxylic acid groups (broad SMARTS) is 1. The summed E-state index contributed by atoms with van der Waals surface area (Å²) in [6.45, 7) is 0. The van der Waals surface area contributed by atoms with Crippen molar-refractivity contribution >= 4 is 34.4 Å². The van der Waals surface area contributed by atoms with Crippen LogP contribution in [-0.4, -0.2) is 41.2 Å². The summed E-state index contributed by atoms with van der Waals surface area (Å²) in [6, 6.07) is -1.86. The number of anilines is 1. The van der Waals surface area contributed by atoms with E-state index in [1.165, 1.54) is 24.6 Å². The molecule has 0 unspecified atom stereocenters. The maximum atomic E-state index is 11.5. The number of methoxy groups -OCH3 is 1. The van der Waals surface area contributed by atoms with Crippen molar-refractivity contribution in [3.63, 3.8) is 0 Å². The molecule has 3 N–H and O–H groups in total. The van der Waals surface area contributed by atoms with Crippen LogP contribution in [0, 0.1) is 0 Å². The molecule has 1 heterocycles. The Labute approximate surface area is 112 Å². The lowest BCUT2D eigenvalue weighted by Crippen LogP contribution is -2.43. The number of carbonyl (C=O) groups is 3. The number of urea groups is 1. The first-order valence-corrected chi connectivity index (χ1v) is 6.17. The summed E-state index contributed by atoms with van der Waals surface area (Å²) in [7, 11) is 1.21. The number of ether oxygens (including phenoxy) is 1. The van der Waals surface area contributed by atoms with Crippen LogP contribution in [0.2, 0.25) is 0 Å². The van der Waals surface area contributed by atoms with E-state index in [0.29, 0.717) is 5.13 Å². The molecule has 0 spiro atoms. The average molecular weight is 287 g/mol. The van der Waals surface area contributed by atoms with Crippen LogP contribution < -0.4 is 10.6 Å². The molecule has 0 radical (unpaired) electrons. The van der Waals surface area contributed by atoms with E-state index in [0.717, 1.165) is 0 Å². The van der Waals surface area contributed by atoms with Crippen molar-refractivity contribution in [3.05, 3.63) is 11.6 Å². The van der Waals surface area contributed by atoms with E-state index >= 15 is 0 Å². The molecule has 1 atom stereocenters. The number of hydrogen-bond acceptors (Lipinski definition) is 6. The second-order valence-electron chi connectivity index (χ2n) is 3.44. The number of esters is 1. The van der Waals surface area contributed by atoms with Gasteiger partial charge < -0.3 is 15.2 Å². The number of carboxylic acids is 1. The lowest BCUT2D eigenvalue weighted by Gasteiger charge is -2.13. The van der Waals surface area contributed by atoms with E-state index in [9.17, 15) is 14.4 Å². The number of nitrogens with zero attached hydrogens (tertiary/aromatic N) is 1. The minimum absolute atomic E-state index is 0.0483. The molecule has 8 nitrogen and oxygen atoms in total. The molecule has 1 aromatic heterocycles. The summed E-state index contributed by atoms with van der Waals surface area (Å²) in [5, 5.41) is 15.6. The van der Waals surface area contributed by atoms with Gasteiger partial charge in [0.25, 0.3) is 0 Å². The molecule has 0 aromatic carbocycles. The Morgan fingerprint density at radius 3 is 2.79 bits per heavy atom. The van der Waals surface area contributed by atoms with Crippen LogP contribution >= 0.6 is 11.3 Å². The monoisotopic (exact) mass is 287 g/mol. The zero-order chi connectivity index (χ0) is 14.3. The Morgan fingerprint density at radius 2 is 2.26 bits per heavy atom. The number of thiazole rings is 1. The first-order chi connectivity index (χ1) is 9.02. The zero-order valence-corrected chi connectivity index (χ0v) is 10.9. The SMILES string of the molecule is COC(=O)CC[C@H](NC(=O)Nc1nccs1)C(=O)O. The molecule has 0 bridgehead atoms. The third-order valence-corrected chi connectivity index (χ3v) is 2.81. The highest BCUT2D eigenvalue weighted by molar-refractivity contribution is 7.13. The maximum absolute atomic E-state index is 11.5. The molecule has 0 saturated heterocycles. The average Bonchev–Trinajstić information content (AvgIpc) is 2.86. The molecule has 0 aliphatic heterocycles. The first-order valence-electron chi connectivity index (χ1n) is 5.29. The van der Waals surface area contributed by atoms with Crippen molar-refractivity contribution in [1.82, 2.24) is 10.3 Å². The van der Waals surface area contributed by atoms with Crippen LogP contribution in [0.3, 0.4) is 0 Å². The van der Waals surface area contributed by atoms with Crippen molar-refractivity contribution in [3.8, 4) is 0 Å². The minimum Gasteiger partial charge on any atom is -0.480 e. The Bertz CT molecular complexity index is 448. The molecular weight excluding hydrogens is 274 g/mol. The normalized spacial score (nSPS) is 11.4. The Balaban J connectivity index is 2.46. The van der Waals surface area contributed by atoms with Crippen molar-refractivity contribution in [2.45, 2.75) is 18.9 Å². The number of carbonyl (C=O) groups excluding carboxylic acids is 2. The Morgan fingerprint density at radius 1 is 1.53 bits per heavy atom. The summed E-state index contributed by atoms with van der Waals surface area (Å²) < 4.78 is 4.40. The fraction of sp³-hybridized carbons (Fsp3) is 0.400. The van der Waals surface area contributed by atoms with Gasteiger partial charge in [-0.2, -0.15) is 0 Å².